The molecule has 3 aromatic rings. The van der Waals surface area contributed by atoms with Crippen molar-refractivity contribution >= 4 is 17.6 Å². The first-order valence-corrected chi connectivity index (χ1v) is 11.3. The van der Waals surface area contributed by atoms with Gasteiger partial charge in [0.15, 0.2) is 5.82 Å². The van der Waals surface area contributed by atoms with Gasteiger partial charge in [0.2, 0.25) is 5.91 Å². The van der Waals surface area contributed by atoms with E-state index < -0.39 is 29.8 Å². The Labute approximate surface area is 211 Å². The van der Waals surface area contributed by atoms with Gasteiger partial charge in [-0.2, -0.15) is 0 Å². The standard InChI is InChI=1S/C25H28F3N5O4/c1-24(2,29)23(35)31-20(15-36-14-18-6-4-3-5-7-18)22(34)32-21-13-33(16-30-21)12-17-8-10-19(11-9-17)37-25(26,27)28/h3-11,13,16,20H,12,14-15,29H2,1-2H3,(H,31,35)(H,32,34)/t20-/m1/s1. The van der Waals surface area contributed by atoms with Gasteiger partial charge in [-0.05, 0) is 37.1 Å². The fourth-order valence-electron chi connectivity index (χ4n) is 3.13. The van der Waals surface area contributed by atoms with Gasteiger partial charge in [-0.1, -0.05) is 42.5 Å². The minimum absolute atomic E-state index is 0.102. The molecular formula is C25H28F3N5O4. The highest BCUT2D eigenvalue weighted by molar-refractivity contribution is 5.98. The minimum atomic E-state index is -4.76. The van der Waals surface area contributed by atoms with Gasteiger partial charge in [0.05, 0.1) is 25.1 Å². The van der Waals surface area contributed by atoms with Crippen molar-refractivity contribution in [3.05, 3.63) is 78.2 Å². The van der Waals surface area contributed by atoms with Crippen LogP contribution in [0.4, 0.5) is 19.0 Å². The lowest BCUT2D eigenvalue weighted by molar-refractivity contribution is -0.274. The summed E-state index contributed by atoms with van der Waals surface area (Å²) in [6.45, 7) is 3.47. The smallest absolute Gasteiger partial charge is 0.406 e. The highest BCUT2D eigenvalue weighted by atomic mass is 19.4. The Balaban J connectivity index is 1.60. The molecule has 0 aliphatic heterocycles. The highest BCUT2D eigenvalue weighted by Gasteiger charge is 2.31. The summed E-state index contributed by atoms with van der Waals surface area (Å²) >= 11 is 0. The number of ether oxygens (including phenoxy) is 2. The zero-order valence-electron chi connectivity index (χ0n) is 20.3. The predicted molar refractivity (Wildman–Crippen MR) is 129 cm³/mol. The quantitative estimate of drug-likeness (QED) is 0.358. The zero-order valence-corrected chi connectivity index (χ0v) is 20.3. The summed E-state index contributed by atoms with van der Waals surface area (Å²) in [5.74, 6) is -1.18. The molecule has 37 heavy (non-hydrogen) atoms. The molecule has 12 heteroatoms. The van der Waals surface area contributed by atoms with Crippen LogP contribution in [0, 0.1) is 0 Å². The van der Waals surface area contributed by atoms with Gasteiger partial charge in [0.1, 0.15) is 11.8 Å². The van der Waals surface area contributed by atoms with E-state index in [1.807, 2.05) is 30.3 Å². The molecule has 0 bridgehead atoms. The van der Waals surface area contributed by atoms with Crippen LogP contribution in [0.1, 0.15) is 25.0 Å². The average molecular weight is 520 g/mol. The maximum atomic E-state index is 12.9. The molecule has 2 aromatic carbocycles. The Bertz CT molecular complexity index is 1180. The third-order valence-electron chi connectivity index (χ3n) is 5.01. The van der Waals surface area contributed by atoms with Crippen LogP contribution >= 0.6 is 0 Å². The second kappa shape index (κ2) is 11.9. The maximum absolute atomic E-state index is 12.9. The molecule has 0 radical (unpaired) electrons. The van der Waals surface area contributed by atoms with Crippen LogP contribution in [-0.4, -0.2) is 45.9 Å². The zero-order chi connectivity index (χ0) is 27.1. The number of hydrogen-bond donors (Lipinski definition) is 3. The van der Waals surface area contributed by atoms with Crippen LogP contribution in [-0.2, 0) is 27.5 Å². The van der Waals surface area contributed by atoms with Crippen molar-refractivity contribution in [2.45, 2.75) is 44.9 Å². The summed E-state index contributed by atoms with van der Waals surface area (Å²) in [6, 6.07) is 13.7. The molecule has 2 amide bonds. The predicted octanol–water partition coefficient (Wildman–Crippen LogP) is 3.21. The second-order valence-corrected chi connectivity index (χ2v) is 8.86. The summed E-state index contributed by atoms with van der Waals surface area (Å²) in [5, 5.41) is 5.24. The first-order chi connectivity index (χ1) is 17.4. The number of hydrogen-bond acceptors (Lipinski definition) is 6. The first-order valence-electron chi connectivity index (χ1n) is 11.3. The number of nitrogens with one attached hydrogen (secondary N) is 2. The number of carbonyl (C=O) groups excluding carboxylic acids is 2. The van der Waals surface area contributed by atoms with E-state index in [4.69, 9.17) is 10.5 Å². The topological polar surface area (TPSA) is 121 Å². The molecule has 1 aromatic heterocycles. The number of benzene rings is 2. The minimum Gasteiger partial charge on any atom is -0.406 e. The van der Waals surface area contributed by atoms with E-state index in [0.717, 1.165) is 5.56 Å². The molecule has 0 saturated heterocycles. The monoisotopic (exact) mass is 519 g/mol. The number of halogens is 3. The molecule has 0 unspecified atom stereocenters. The Hall–Kier alpha value is -3.90. The van der Waals surface area contributed by atoms with Crippen molar-refractivity contribution < 1.29 is 32.2 Å². The molecule has 1 heterocycles. The van der Waals surface area contributed by atoms with Crippen LogP contribution in [0.2, 0.25) is 0 Å². The van der Waals surface area contributed by atoms with Gasteiger partial charge in [-0.25, -0.2) is 4.98 Å². The summed E-state index contributed by atoms with van der Waals surface area (Å²) in [7, 11) is 0. The van der Waals surface area contributed by atoms with Gasteiger partial charge in [-0.15, -0.1) is 13.2 Å². The average Bonchev–Trinajstić information content (AvgIpc) is 3.25. The normalized spacial score (nSPS) is 12.6. The number of amides is 2. The van der Waals surface area contributed by atoms with Crippen molar-refractivity contribution in [2.75, 3.05) is 11.9 Å². The third-order valence-corrected chi connectivity index (χ3v) is 5.01. The molecule has 0 aliphatic carbocycles. The van der Waals surface area contributed by atoms with E-state index in [2.05, 4.69) is 20.4 Å². The van der Waals surface area contributed by atoms with Gasteiger partial charge in [0, 0.05) is 12.7 Å². The molecule has 0 aliphatic rings. The van der Waals surface area contributed by atoms with E-state index in [1.165, 1.54) is 44.4 Å². The van der Waals surface area contributed by atoms with Gasteiger partial charge < -0.3 is 30.4 Å². The van der Waals surface area contributed by atoms with Gasteiger partial charge in [0.25, 0.3) is 5.91 Å². The Kier molecular flexibility index (Phi) is 8.90. The number of nitrogens with zero attached hydrogens (tertiary/aromatic N) is 2. The number of imidazole rings is 1. The van der Waals surface area contributed by atoms with E-state index in [-0.39, 0.29) is 31.3 Å². The van der Waals surface area contributed by atoms with E-state index in [9.17, 15) is 22.8 Å². The Morgan fingerprint density at radius 3 is 2.35 bits per heavy atom. The van der Waals surface area contributed by atoms with Crippen molar-refractivity contribution in [3.8, 4) is 5.75 Å². The number of carbonyl (C=O) groups is 2. The summed E-state index contributed by atoms with van der Waals surface area (Å²) in [5.41, 5.74) is 6.24. The number of alkyl halides is 3. The van der Waals surface area contributed by atoms with Gasteiger partial charge in [-0.3, -0.25) is 9.59 Å². The van der Waals surface area contributed by atoms with Crippen molar-refractivity contribution in [2.24, 2.45) is 5.73 Å². The third kappa shape index (κ3) is 9.24. The summed E-state index contributed by atoms with van der Waals surface area (Å²) in [4.78, 5) is 29.5. The summed E-state index contributed by atoms with van der Waals surface area (Å²) in [6.07, 6.45) is -1.75. The molecule has 1 atom stereocenters. The largest absolute Gasteiger partial charge is 0.573 e. The first kappa shape index (κ1) is 27.7. The van der Waals surface area contributed by atoms with Crippen molar-refractivity contribution in [1.29, 1.82) is 0 Å². The number of nitrogens with two attached hydrogens (primary N) is 1. The molecule has 0 fully saturated rings. The Morgan fingerprint density at radius 2 is 1.73 bits per heavy atom. The number of rotatable bonds is 11. The fraction of sp³-hybridized carbons (Fsp3) is 0.320. The molecular weight excluding hydrogens is 491 g/mol. The Morgan fingerprint density at radius 1 is 1.05 bits per heavy atom. The van der Waals surface area contributed by atoms with E-state index in [0.29, 0.717) is 5.56 Å². The van der Waals surface area contributed by atoms with Crippen LogP contribution in [0.15, 0.2) is 67.1 Å². The molecule has 9 nitrogen and oxygen atoms in total. The molecule has 0 spiro atoms. The second-order valence-electron chi connectivity index (χ2n) is 8.86. The van der Waals surface area contributed by atoms with Crippen molar-refractivity contribution in [1.82, 2.24) is 14.9 Å². The van der Waals surface area contributed by atoms with E-state index >= 15 is 0 Å². The van der Waals surface area contributed by atoms with Gasteiger partial charge >= 0.3 is 6.36 Å². The summed E-state index contributed by atoms with van der Waals surface area (Å²) < 4.78 is 48.1. The van der Waals surface area contributed by atoms with Crippen LogP contribution in [0.3, 0.4) is 0 Å². The maximum Gasteiger partial charge on any atom is 0.573 e. The molecule has 198 valence electrons. The number of aromatic nitrogens is 2. The lowest BCUT2D eigenvalue weighted by Crippen LogP contribution is -2.56. The van der Waals surface area contributed by atoms with Crippen molar-refractivity contribution in [3.63, 3.8) is 0 Å². The number of anilines is 1. The van der Waals surface area contributed by atoms with Crippen LogP contribution in [0.5, 0.6) is 5.75 Å². The lowest BCUT2D eigenvalue weighted by Gasteiger charge is -2.23. The van der Waals surface area contributed by atoms with E-state index in [1.54, 1.807) is 10.8 Å². The highest BCUT2D eigenvalue weighted by Crippen LogP contribution is 2.23. The molecule has 3 rings (SSSR count). The SMILES string of the molecule is CC(C)(N)C(=O)N[C@H](COCc1ccccc1)C(=O)Nc1cn(Cc2ccc(OC(F)(F)F)cc2)cn1. The molecule has 0 saturated carbocycles. The molecule has 4 N–H and O–H groups in total. The van der Waals surface area contributed by atoms with Crippen LogP contribution in [0.25, 0.3) is 0 Å². The lowest BCUT2D eigenvalue weighted by atomic mass is 10.1. The van der Waals surface area contributed by atoms with Crippen LogP contribution < -0.4 is 21.1 Å². The fourth-order valence-corrected chi connectivity index (χ4v) is 3.13.